The number of rotatable bonds is 6. The SMILES string of the molecule is CCCN(O)C(=O)CCC(=O)Nc1ccc2n[nH]nc2c1. The fourth-order valence-corrected chi connectivity index (χ4v) is 1.83. The molecule has 0 aliphatic rings. The summed E-state index contributed by atoms with van der Waals surface area (Å²) in [7, 11) is 0. The highest BCUT2D eigenvalue weighted by atomic mass is 16.5. The first-order chi connectivity index (χ1) is 10.1. The summed E-state index contributed by atoms with van der Waals surface area (Å²) in [5, 5.41) is 23.0. The van der Waals surface area contributed by atoms with Crippen molar-refractivity contribution >= 4 is 28.5 Å². The molecule has 8 heteroatoms. The molecule has 1 heterocycles. The average molecular weight is 291 g/mol. The predicted octanol–water partition coefficient (Wildman–Crippen LogP) is 1.30. The third kappa shape index (κ3) is 3.99. The molecule has 0 unspecified atom stereocenters. The van der Waals surface area contributed by atoms with Gasteiger partial charge in [-0.05, 0) is 24.6 Å². The van der Waals surface area contributed by atoms with Gasteiger partial charge in [0.15, 0.2) is 0 Å². The van der Waals surface area contributed by atoms with Crippen LogP contribution in [-0.2, 0) is 9.59 Å². The fraction of sp³-hybridized carbons (Fsp3) is 0.385. The summed E-state index contributed by atoms with van der Waals surface area (Å²) < 4.78 is 0. The number of nitrogens with zero attached hydrogens (tertiary/aromatic N) is 3. The van der Waals surface area contributed by atoms with Crippen LogP contribution in [0.4, 0.5) is 5.69 Å². The number of nitrogens with one attached hydrogen (secondary N) is 2. The minimum atomic E-state index is -0.459. The number of benzene rings is 1. The van der Waals surface area contributed by atoms with E-state index in [9.17, 15) is 14.8 Å². The molecule has 1 aromatic carbocycles. The Balaban J connectivity index is 1.85. The van der Waals surface area contributed by atoms with E-state index in [-0.39, 0.29) is 25.3 Å². The number of carbonyl (C=O) groups excluding carboxylic acids is 2. The third-order valence-corrected chi connectivity index (χ3v) is 2.89. The Kier molecular flexibility index (Phi) is 4.83. The van der Waals surface area contributed by atoms with Crippen molar-refractivity contribution in [2.75, 3.05) is 11.9 Å². The predicted molar refractivity (Wildman–Crippen MR) is 75.5 cm³/mol. The van der Waals surface area contributed by atoms with Gasteiger partial charge in [-0.3, -0.25) is 14.8 Å². The van der Waals surface area contributed by atoms with E-state index in [1.54, 1.807) is 18.2 Å². The summed E-state index contributed by atoms with van der Waals surface area (Å²) in [5.41, 5.74) is 1.94. The van der Waals surface area contributed by atoms with Crippen LogP contribution in [0.25, 0.3) is 11.0 Å². The van der Waals surface area contributed by atoms with Crippen molar-refractivity contribution in [3.8, 4) is 0 Å². The zero-order valence-electron chi connectivity index (χ0n) is 11.7. The van der Waals surface area contributed by atoms with E-state index in [0.717, 1.165) is 0 Å². The molecule has 0 fully saturated rings. The molecule has 0 spiro atoms. The van der Waals surface area contributed by atoms with Crippen molar-refractivity contribution in [2.45, 2.75) is 26.2 Å². The number of hydroxylamine groups is 2. The van der Waals surface area contributed by atoms with Crippen molar-refractivity contribution in [1.29, 1.82) is 0 Å². The van der Waals surface area contributed by atoms with Crippen molar-refractivity contribution in [1.82, 2.24) is 20.5 Å². The van der Waals surface area contributed by atoms with Crippen LogP contribution in [0.5, 0.6) is 0 Å². The highest BCUT2D eigenvalue weighted by molar-refractivity contribution is 5.94. The van der Waals surface area contributed by atoms with Crippen molar-refractivity contribution in [2.24, 2.45) is 0 Å². The quantitative estimate of drug-likeness (QED) is 0.549. The number of fused-ring (bicyclic) bond motifs is 1. The van der Waals surface area contributed by atoms with Gasteiger partial charge < -0.3 is 5.32 Å². The number of aromatic nitrogens is 3. The lowest BCUT2D eigenvalue weighted by atomic mass is 10.2. The van der Waals surface area contributed by atoms with E-state index < -0.39 is 5.91 Å². The number of H-pyrrole nitrogens is 1. The Hall–Kier alpha value is -2.48. The maximum atomic E-state index is 11.8. The van der Waals surface area contributed by atoms with Gasteiger partial charge in [-0.2, -0.15) is 15.4 Å². The first kappa shape index (κ1) is 14.9. The normalized spacial score (nSPS) is 10.6. The van der Waals surface area contributed by atoms with Crippen LogP contribution in [-0.4, -0.2) is 44.0 Å². The molecule has 0 bridgehead atoms. The van der Waals surface area contributed by atoms with E-state index in [1.165, 1.54) is 0 Å². The van der Waals surface area contributed by atoms with Crippen LogP contribution in [0.3, 0.4) is 0 Å². The highest BCUT2D eigenvalue weighted by Gasteiger charge is 2.12. The largest absolute Gasteiger partial charge is 0.326 e. The van der Waals surface area contributed by atoms with Crippen molar-refractivity contribution in [3.05, 3.63) is 18.2 Å². The maximum Gasteiger partial charge on any atom is 0.246 e. The molecule has 3 N–H and O–H groups in total. The van der Waals surface area contributed by atoms with Crippen LogP contribution in [0.1, 0.15) is 26.2 Å². The molecule has 0 aliphatic heterocycles. The lowest BCUT2D eigenvalue weighted by Gasteiger charge is -2.13. The molecule has 8 nitrogen and oxygen atoms in total. The minimum absolute atomic E-state index is 0.0104. The standard InChI is InChI=1S/C13H17N5O3/c1-2-7-18(21)13(20)6-5-12(19)14-9-3-4-10-11(8-9)16-17-15-10/h3-4,8,21H,2,5-7H2,1H3,(H,14,19)(H,15,16,17). The Morgan fingerprint density at radius 3 is 2.81 bits per heavy atom. The number of hydrogen-bond acceptors (Lipinski definition) is 5. The summed E-state index contributed by atoms with van der Waals surface area (Å²) in [4.78, 5) is 23.3. The van der Waals surface area contributed by atoms with E-state index in [2.05, 4.69) is 20.7 Å². The molecular weight excluding hydrogens is 274 g/mol. The molecule has 112 valence electrons. The lowest BCUT2D eigenvalue weighted by Crippen LogP contribution is -2.28. The average Bonchev–Trinajstić information content (AvgIpc) is 2.92. The zero-order chi connectivity index (χ0) is 15.2. The molecule has 21 heavy (non-hydrogen) atoms. The topological polar surface area (TPSA) is 111 Å². The Morgan fingerprint density at radius 2 is 2.05 bits per heavy atom. The maximum absolute atomic E-state index is 11.8. The first-order valence-corrected chi connectivity index (χ1v) is 6.69. The number of hydrogen-bond donors (Lipinski definition) is 3. The van der Waals surface area contributed by atoms with Crippen LogP contribution in [0, 0.1) is 0 Å². The second kappa shape index (κ2) is 6.80. The molecule has 2 amide bonds. The van der Waals surface area contributed by atoms with Crippen LogP contribution in [0.15, 0.2) is 18.2 Å². The number of aromatic amines is 1. The fourth-order valence-electron chi connectivity index (χ4n) is 1.83. The summed E-state index contributed by atoms with van der Waals surface area (Å²) in [6.07, 6.45) is 0.636. The minimum Gasteiger partial charge on any atom is -0.326 e. The molecule has 2 aromatic rings. The molecule has 0 saturated heterocycles. The van der Waals surface area contributed by atoms with Crippen LogP contribution in [0.2, 0.25) is 0 Å². The monoisotopic (exact) mass is 291 g/mol. The molecule has 0 aliphatic carbocycles. The van der Waals surface area contributed by atoms with Gasteiger partial charge in [-0.1, -0.05) is 6.92 Å². The van der Waals surface area contributed by atoms with E-state index in [0.29, 0.717) is 28.2 Å². The summed E-state index contributed by atoms with van der Waals surface area (Å²) in [5.74, 6) is -0.755. The molecular formula is C13H17N5O3. The van der Waals surface area contributed by atoms with Gasteiger partial charge in [0.1, 0.15) is 11.0 Å². The second-order valence-corrected chi connectivity index (χ2v) is 4.59. The molecule has 2 rings (SSSR count). The molecule has 0 atom stereocenters. The Morgan fingerprint density at radius 1 is 1.29 bits per heavy atom. The van der Waals surface area contributed by atoms with Gasteiger partial charge in [-0.15, -0.1) is 0 Å². The van der Waals surface area contributed by atoms with Gasteiger partial charge in [0, 0.05) is 25.1 Å². The van der Waals surface area contributed by atoms with Crippen LogP contribution < -0.4 is 5.32 Å². The van der Waals surface area contributed by atoms with Gasteiger partial charge >= 0.3 is 0 Å². The van der Waals surface area contributed by atoms with E-state index in [4.69, 9.17) is 0 Å². The van der Waals surface area contributed by atoms with Gasteiger partial charge in [0.25, 0.3) is 0 Å². The van der Waals surface area contributed by atoms with Gasteiger partial charge in [0.05, 0.1) is 0 Å². The summed E-state index contributed by atoms with van der Waals surface area (Å²) in [6.45, 7) is 2.12. The number of anilines is 1. The van der Waals surface area contributed by atoms with Crippen molar-refractivity contribution in [3.63, 3.8) is 0 Å². The first-order valence-electron chi connectivity index (χ1n) is 6.69. The zero-order valence-corrected chi connectivity index (χ0v) is 11.7. The molecule has 0 saturated carbocycles. The summed E-state index contributed by atoms with van der Waals surface area (Å²) >= 11 is 0. The highest BCUT2D eigenvalue weighted by Crippen LogP contribution is 2.15. The number of carbonyl (C=O) groups is 2. The van der Waals surface area contributed by atoms with Crippen molar-refractivity contribution < 1.29 is 14.8 Å². The Bertz CT molecular complexity index is 640. The third-order valence-electron chi connectivity index (χ3n) is 2.89. The lowest BCUT2D eigenvalue weighted by molar-refractivity contribution is -0.165. The molecule has 0 radical (unpaired) electrons. The summed E-state index contributed by atoms with van der Waals surface area (Å²) in [6, 6.07) is 5.13. The van der Waals surface area contributed by atoms with Gasteiger partial charge in [0.2, 0.25) is 11.8 Å². The smallest absolute Gasteiger partial charge is 0.246 e. The number of amides is 2. The van der Waals surface area contributed by atoms with Gasteiger partial charge in [-0.25, -0.2) is 5.06 Å². The van der Waals surface area contributed by atoms with Crippen LogP contribution >= 0.6 is 0 Å². The Labute approximate surface area is 121 Å². The molecule has 1 aromatic heterocycles. The van der Waals surface area contributed by atoms with E-state index in [1.807, 2.05) is 6.92 Å². The van der Waals surface area contributed by atoms with E-state index >= 15 is 0 Å². The second-order valence-electron chi connectivity index (χ2n) is 4.59.